The Hall–Kier alpha value is -1.75. The Balaban J connectivity index is 2.12. The molecule has 0 aliphatic rings. The lowest BCUT2D eigenvalue weighted by Crippen LogP contribution is -2.31. The highest BCUT2D eigenvalue weighted by atomic mass is 16.5. The van der Waals surface area contributed by atoms with Crippen LogP contribution in [0.25, 0.3) is 0 Å². The Morgan fingerprint density at radius 1 is 1.28 bits per heavy atom. The molecule has 5 nitrogen and oxygen atoms in total. The van der Waals surface area contributed by atoms with Crippen molar-refractivity contribution in [3.63, 3.8) is 0 Å². The van der Waals surface area contributed by atoms with E-state index in [1.807, 2.05) is 0 Å². The van der Waals surface area contributed by atoms with E-state index in [1.54, 1.807) is 24.3 Å². The minimum absolute atomic E-state index is 0.237. The summed E-state index contributed by atoms with van der Waals surface area (Å²) in [5.74, 6) is 0. The third-order valence-corrected chi connectivity index (χ3v) is 2.34. The molecule has 1 aromatic carbocycles. The predicted octanol–water partition coefficient (Wildman–Crippen LogP) is 2.21. The van der Waals surface area contributed by atoms with Gasteiger partial charge in [0.1, 0.15) is 0 Å². The zero-order chi connectivity index (χ0) is 13.2. The number of nitrogen functional groups attached to an aromatic ring is 1. The summed E-state index contributed by atoms with van der Waals surface area (Å²) in [4.78, 5) is 11.5. The molecule has 0 fully saturated rings. The molecule has 0 heterocycles. The molecule has 2 amide bonds. The molecule has 0 bridgehead atoms. The number of hydrogen-bond donors (Lipinski definition) is 3. The largest absolute Gasteiger partial charge is 0.399 e. The van der Waals surface area contributed by atoms with Gasteiger partial charge in [-0.1, -0.05) is 13.3 Å². The second kappa shape index (κ2) is 8.36. The molecule has 1 rings (SSSR count). The molecular weight excluding hydrogens is 230 g/mol. The Morgan fingerprint density at radius 3 is 2.67 bits per heavy atom. The van der Waals surface area contributed by atoms with Crippen molar-refractivity contribution in [2.45, 2.75) is 19.8 Å². The lowest BCUT2D eigenvalue weighted by Gasteiger charge is -2.08. The average Bonchev–Trinajstić information content (AvgIpc) is 2.36. The highest BCUT2D eigenvalue weighted by Gasteiger charge is 2.00. The average molecular weight is 251 g/mol. The summed E-state index contributed by atoms with van der Waals surface area (Å²) in [6.45, 7) is 3.90. The molecule has 0 unspecified atom stereocenters. The van der Waals surface area contributed by atoms with Crippen LogP contribution < -0.4 is 16.4 Å². The van der Waals surface area contributed by atoms with Gasteiger partial charge in [0.2, 0.25) is 0 Å². The molecule has 1 aromatic rings. The van der Waals surface area contributed by atoms with E-state index in [9.17, 15) is 4.79 Å². The molecule has 0 atom stereocenters. The van der Waals surface area contributed by atoms with Crippen LogP contribution in [0.4, 0.5) is 16.2 Å². The van der Waals surface area contributed by atoms with Crippen molar-refractivity contribution in [3.05, 3.63) is 24.3 Å². The van der Waals surface area contributed by atoms with Crippen molar-refractivity contribution < 1.29 is 9.53 Å². The van der Waals surface area contributed by atoms with Gasteiger partial charge in [-0.3, -0.25) is 0 Å². The van der Waals surface area contributed by atoms with Crippen LogP contribution in [0.15, 0.2) is 24.3 Å². The topological polar surface area (TPSA) is 76.4 Å². The Morgan fingerprint density at radius 2 is 2.00 bits per heavy atom. The van der Waals surface area contributed by atoms with Gasteiger partial charge >= 0.3 is 6.03 Å². The molecule has 0 aliphatic heterocycles. The first-order chi connectivity index (χ1) is 8.72. The quantitative estimate of drug-likeness (QED) is 0.513. The minimum Gasteiger partial charge on any atom is -0.399 e. The number of nitrogens with one attached hydrogen (secondary N) is 2. The molecule has 100 valence electrons. The molecule has 0 aliphatic carbocycles. The number of rotatable bonds is 7. The first kappa shape index (κ1) is 14.3. The molecule has 4 N–H and O–H groups in total. The van der Waals surface area contributed by atoms with E-state index < -0.39 is 0 Å². The van der Waals surface area contributed by atoms with E-state index in [2.05, 4.69) is 17.6 Å². The van der Waals surface area contributed by atoms with Crippen molar-refractivity contribution in [1.82, 2.24) is 5.32 Å². The van der Waals surface area contributed by atoms with Crippen LogP contribution in [0.5, 0.6) is 0 Å². The number of carbonyl (C=O) groups is 1. The summed E-state index contributed by atoms with van der Waals surface area (Å²) in [6, 6.07) is 6.76. The number of hydrogen-bond acceptors (Lipinski definition) is 3. The van der Waals surface area contributed by atoms with E-state index >= 15 is 0 Å². The van der Waals surface area contributed by atoms with Crippen molar-refractivity contribution in [3.8, 4) is 0 Å². The van der Waals surface area contributed by atoms with E-state index in [0.29, 0.717) is 24.5 Å². The maximum absolute atomic E-state index is 11.5. The van der Waals surface area contributed by atoms with Gasteiger partial charge in [0.25, 0.3) is 0 Å². The highest BCUT2D eigenvalue weighted by Crippen LogP contribution is 2.09. The van der Waals surface area contributed by atoms with Gasteiger partial charge < -0.3 is 21.1 Å². The molecule has 0 aromatic heterocycles. The number of unbranched alkanes of at least 4 members (excludes halogenated alkanes) is 1. The summed E-state index contributed by atoms with van der Waals surface area (Å²) in [6.07, 6.45) is 2.17. The number of amides is 2. The van der Waals surface area contributed by atoms with Gasteiger partial charge in [0.15, 0.2) is 0 Å². The van der Waals surface area contributed by atoms with Crippen LogP contribution in [0.3, 0.4) is 0 Å². The van der Waals surface area contributed by atoms with E-state index in [4.69, 9.17) is 10.5 Å². The van der Waals surface area contributed by atoms with Crippen LogP contribution in [0, 0.1) is 0 Å². The number of urea groups is 1. The third-order valence-electron chi connectivity index (χ3n) is 2.34. The molecule has 5 heteroatoms. The van der Waals surface area contributed by atoms with E-state index in [0.717, 1.165) is 19.4 Å². The fraction of sp³-hybridized carbons (Fsp3) is 0.462. The van der Waals surface area contributed by atoms with Gasteiger partial charge in [-0.25, -0.2) is 4.79 Å². The second-order valence-corrected chi connectivity index (χ2v) is 3.97. The molecular formula is C13H21N3O2. The fourth-order valence-corrected chi connectivity index (χ4v) is 1.33. The summed E-state index contributed by atoms with van der Waals surface area (Å²) in [5, 5.41) is 5.43. The Labute approximate surface area is 108 Å². The van der Waals surface area contributed by atoms with E-state index in [1.165, 1.54) is 0 Å². The van der Waals surface area contributed by atoms with Crippen LogP contribution >= 0.6 is 0 Å². The van der Waals surface area contributed by atoms with Crippen LogP contribution in [-0.4, -0.2) is 25.8 Å². The predicted molar refractivity (Wildman–Crippen MR) is 73.6 cm³/mol. The number of carbonyl (C=O) groups excluding carboxylic acids is 1. The number of ether oxygens (including phenoxy) is 1. The summed E-state index contributed by atoms with van der Waals surface area (Å²) >= 11 is 0. The first-order valence-corrected chi connectivity index (χ1v) is 6.20. The van der Waals surface area contributed by atoms with Gasteiger partial charge in [-0.2, -0.15) is 0 Å². The van der Waals surface area contributed by atoms with Gasteiger partial charge in [-0.05, 0) is 30.7 Å². The second-order valence-electron chi connectivity index (χ2n) is 3.97. The smallest absolute Gasteiger partial charge is 0.319 e. The fourth-order valence-electron chi connectivity index (χ4n) is 1.33. The Bertz CT molecular complexity index is 352. The number of anilines is 2. The zero-order valence-electron chi connectivity index (χ0n) is 10.7. The first-order valence-electron chi connectivity index (χ1n) is 6.20. The van der Waals surface area contributed by atoms with Crippen LogP contribution in [0.2, 0.25) is 0 Å². The summed E-state index contributed by atoms with van der Waals surface area (Å²) < 4.78 is 5.33. The van der Waals surface area contributed by atoms with Crippen molar-refractivity contribution in [2.24, 2.45) is 0 Å². The van der Waals surface area contributed by atoms with Crippen LogP contribution in [-0.2, 0) is 4.74 Å². The van der Waals surface area contributed by atoms with E-state index in [-0.39, 0.29) is 6.03 Å². The lowest BCUT2D eigenvalue weighted by molar-refractivity contribution is 0.134. The highest BCUT2D eigenvalue weighted by molar-refractivity contribution is 5.89. The maximum Gasteiger partial charge on any atom is 0.319 e. The van der Waals surface area contributed by atoms with Gasteiger partial charge in [0.05, 0.1) is 6.61 Å². The van der Waals surface area contributed by atoms with Crippen LogP contribution in [0.1, 0.15) is 19.8 Å². The van der Waals surface area contributed by atoms with Gasteiger partial charge in [-0.15, -0.1) is 0 Å². The third kappa shape index (κ3) is 6.10. The number of nitrogens with two attached hydrogens (primary N) is 1. The summed E-state index contributed by atoms with van der Waals surface area (Å²) in [7, 11) is 0. The maximum atomic E-state index is 11.5. The monoisotopic (exact) mass is 251 g/mol. The van der Waals surface area contributed by atoms with Gasteiger partial charge in [0, 0.05) is 24.5 Å². The standard InChI is InChI=1S/C13H21N3O2/c1-2-3-9-18-10-8-15-13(17)16-12-6-4-11(14)5-7-12/h4-7H,2-3,8-10,14H2,1H3,(H2,15,16,17). The normalized spacial score (nSPS) is 10.1. The lowest BCUT2D eigenvalue weighted by atomic mass is 10.3. The number of benzene rings is 1. The van der Waals surface area contributed by atoms with Crippen molar-refractivity contribution in [1.29, 1.82) is 0 Å². The van der Waals surface area contributed by atoms with Crippen molar-refractivity contribution in [2.75, 3.05) is 30.8 Å². The molecule has 18 heavy (non-hydrogen) atoms. The molecule has 0 saturated heterocycles. The minimum atomic E-state index is -0.237. The zero-order valence-corrected chi connectivity index (χ0v) is 10.7. The SMILES string of the molecule is CCCCOCCNC(=O)Nc1ccc(N)cc1. The Kier molecular flexibility index (Phi) is 6.64. The summed E-state index contributed by atoms with van der Waals surface area (Å²) in [5.41, 5.74) is 6.94. The van der Waals surface area contributed by atoms with Crippen molar-refractivity contribution >= 4 is 17.4 Å². The molecule has 0 spiro atoms. The molecule has 0 radical (unpaired) electrons. The molecule has 0 saturated carbocycles.